The molecule has 0 spiro atoms. The first-order chi connectivity index (χ1) is 8.54. The Balaban J connectivity index is 2.34. The van der Waals surface area contributed by atoms with Crippen LogP contribution in [0.2, 0.25) is 0 Å². The second-order valence-electron chi connectivity index (χ2n) is 5.60. The first kappa shape index (κ1) is 11.3. The maximum Gasteiger partial charge on any atom is 0.150 e. The van der Waals surface area contributed by atoms with Gasteiger partial charge in [0, 0.05) is 11.0 Å². The van der Waals surface area contributed by atoms with Gasteiger partial charge in [-0.1, -0.05) is 49.6 Å². The largest absolute Gasteiger partial charge is 0.298 e. The quantitative estimate of drug-likeness (QED) is 0.545. The third-order valence-corrected chi connectivity index (χ3v) is 3.99. The molecule has 0 saturated carbocycles. The van der Waals surface area contributed by atoms with Gasteiger partial charge in [0.25, 0.3) is 0 Å². The minimum absolute atomic E-state index is 0.0181. The second kappa shape index (κ2) is 3.58. The average Bonchev–Trinajstić information content (AvgIpc) is 2.58. The van der Waals surface area contributed by atoms with Gasteiger partial charge >= 0.3 is 0 Å². The Morgan fingerprint density at radius 3 is 2.28 bits per heavy atom. The zero-order valence-corrected chi connectivity index (χ0v) is 10.9. The molecule has 18 heavy (non-hydrogen) atoms. The lowest BCUT2D eigenvalue weighted by Gasteiger charge is -2.22. The van der Waals surface area contributed by atoms with Crippen molar-refractivity contribution in [3.63, 3.8) is 0 Å². The summed E-state index contributed by atoms with van der Waals surface area (Å²) in [5.74, 6) is 0. The fraction of sp³-hybridized carbons (Fsp3) is 0.188. The molecule has 0 radical (unpaired) electrons. The maximum absolute atomic E-state index is 10.9. The summed E-state index contributed by atoms with van der Waals surface area (Å²) in [5.41, 5.74) is 7.21. The lowest BCUT2D eigenvalue weighted by atomic mass is 9.80. The summed E-state index contributed by atoms with van der Waals surface area (Å²) < 4.78 is 0. The van der Waals surface area contributed by atoms with Gasteiger partial charge in [0.05, 0.1) is 0 Å². The summed E-state index contributed by atoms with van der Waals surface area (Å²) in [6.07, 6.45) is 0.921. The van der Waals surface area contributed by atoms with Crippen molar-refractivity contribution in [2.75, 3.05) is 0 Å². The number of aldehydes is 1. The van der Waals surface area contributed by atoms with Crippen molar-refractivity contribution in [2.24, 2.45) is 0 Å². The van der Waals surface area contributed by atoms with Gasteiger partial charge in [0.1, 0.15) is 14.1 Å². The molecule has 0 heterocycles. The van der Waals surface area contributed by atoms with E-state index in [1.165, 1.54) is 27.7 Å². The highest BCUT2D eigenvalue weighted by Crippen LogP contribution is 2.48. The van der Waals surface area contributed by atoms with Crippen LogP contribution in [0.4, 0.5) is 0 Å². The van der Waals surface area contributed by atoms with Gasteiger partial charge in [-0.3, -0.25) is 4.79 Å². The van der Waals surface area contributed by atoms with Gasteiger partial charge in [-0.15, -0.1) is 0 Å². The number of carbonyl (C=O) groups is 1. The Morgan fingerprint density at radius 2 is 1.61 bits per heavy atom. The number of benzene rings is 2. The zero-order valence-electron chi connectivity index (χ0n) is 10.9. The summed E-state index contributed by atoms with van der Waals surface area (Å²) in [4.78, 5) is 10.9. The van der Waals surface area contributed by atoms with Crippen molar-refractivity contribution in [3.8, 4) is 11.1 Å². The molecular formula is C16H15BO. The lowest BCUT2D eigenvalue weighted by molar-refractivity contribution is 0.112. The van der Waals surface area contributed by atoms with Crippen molar-refractivity contribution >= 4 is 19.6 Å². The first-order valence-electron chi connectivity index (χ1n) is 6.25. The summed E-state index contributed by atoms with van der Waals surface area (Å²) in [7, 11) is 2.12. The molecule has 1 aliphatic rings. The van der Waals surface area contributed by atoms with Crippen molar-refractivity contribution in [1.82, 2.24) is 0 Å². The molecule has 0 aromatic heterocycles. The molecule has 88 valence electrons. The van der Waals surface area contributed by atoms with E-state index in [2.05, 4.69) is 46.0 Å². The van der Waals surface area contributed by atoms with E-state index in [0.717, 1.165) is 11.8 Å². The normalized spacial score (nSPS) is 15.0. The van der Waals surface area contributed by atoms with E-state index in [1.807, 2.05) is 12.1 Å². The first-order valence-corrected chi connectivity index (χ1v) is 6.25. The third-order valence-electron chi connectivity index (χ3n) is 3.99. The Hall–Kier alpha value is -1.83. The van der Waals surface area contributed by atoms with Crippen LogP contribution >= 0.6 is 0 Å². The molecule has 1 aliphatic carbocycles. The van der Waals surface area contributed by atoms with Crippen LogP contribution in [0.25, 0.3) is 11.1 Å². The van der Waals surface area contributed by atoms with E-state index in [0.29, 0.717) is 0 Å². The van der Waals surface area contributed by atoms with Gasteiger partial charge in [-0.25, -0.2) is 0 Å². The highest BCUT2D eigenvalue weighted by atomic mass is 16.1. The van der Waals surface area contributed by atoms with Gasteiger partial charge in [-0.05, 0) is 28.3 Å². The maximum atomic E-state index is 10.9. The van der Waals surface area contributed by atoms with Gasteiger partial charge < -0.3 is 0 Å². The van der Waals surface area contributed by atoms with Crippen LogP contribution in [0, 0.1) is 0 Å². The second-order valence-corrected chi connectivity index (χ2v) is 5.60. The lowest BCUT2D eigenvalue weighted by Crippen LogP contribution is -2.17. The topological polar surface area (TPSA) is 17.1 Å². The predicted molar refractivity (Wildman–Crippen MR) is 77.6 cm³/mol. The molecule has 0 bridgehead atoms. The Bertz CT molecular complexity index is 656. The Labute approximate surface area is 108 Å². The average molecular weight is 234 g/mol. The molecule has 2 aromatic carbocycles. The van der Waals surface area contributed by atoms with Crippen molar-refractivity contribution in [3.05, 3.63) is 53.1 Å². The highest BCUT2D eigenvalue weighted by molar-refractivity contribution is 6.32. The van der Waals surface area contributed by atoms with Crippen LogP contribution < -0.4 is 5.46 Å². The van der Waals surface area contributed by atoms with Crippen molar-refractivity contribution in [1.29, 1.82) is 0 Å². The van der Waals surface area contributed by atoms with E-state index in [9.17, 15) is 4.79 Å². The van der Waals surface area contributed by atoms with Crippen LogP contribution in [-0.2, 0) is 5.41 Å². The van der Waals surface area contributed by atoms with Crippen LogP contribution in [-0.4, -0.2) is 14.1 Å². The molecule has 0 atom stereocenters. The van der Waals surface area contributed by atoms with E-state index in [-0.39, 0.29) is 5.41 Å². The zero-order chi connectivity index (χ0) is 12.9. The molecule has 1 nitrogen and oxygen atoms in total. The molecule has 0 saturated heterocycles. The Morgan fingerprint density at radius 1 is 1.00 bits per heavy atom. The molecule has 0 unspecified atom stereocenters. The number of hydrogen-bond donors (Lipinski definition) is 0. The summed E-state index contributed by atoms with van der Waals surface area (Å²) in [6.45, 7) is 4.46. The molecule has 2 heteroatoms. The number of fused-ring (bicyclic) bond motifs is 3. The standard InChI is InChI=1S/C16H15BO/c1-16(2)14-7-10(9-18)3-5-12(14)13-6-4-11(17)8-15(13)16/h3-9H,17H2,1-2H3. The molecule has 2 aromatic rings. The predicted octanol–water partition coefficient (Wildman–Crippen LogP) is 2.06. The molecule has 0 aliphatic heterocycles. The SMILES string of the molecule is Bc1ccc2c(c1)C(C)(C)c1cc(C=O)ccc1-2. The third kappa shape index (κ3) is 1.38. The minimum atomic E-state index is -0.0181. The monoisotopic (exact) mass is 234 g/mol. The van der Waals surface area contributed by atoms with E-state index < -0.39 is 0 Å². The summed E-state index contributed by atoms with van der Waals surface area (Å²) >= 11 is 0. The Kier molecular flexibility index (Phi) is 2.24. The van der Waals surface area contributed by atoms with Gasteiger partial charge in [0.2, 0.25) is 0 Å². The molecule has 0 fully saturated rings. The molecule has 0 amide bonds. The van der Waals surface area contributed by atoms with Crippen LogP contribution in [0.15, 0.2) is 36.4 Å². The van der Waals surface area contributed by atoms with Crippen molar-refractivity contribution < 1.29 is 4.79 Å². The number of hydrogen-bond acceptors (Lipinski definition) is 1. The van der Waals surface area contributed by atoms with Crippen LogP contribution in [0.5, 0.6) is 0 Å². The van der Waals surface area contributed by atoms with Crippen molar-refractivity contribution in [2.45, 2.75) is 19.3 Å². The van der Waals surface area contributed by atoms with E-state index >= 15 is 0 Å². The fourth-order valence-corrected chi connectivity index (χ4v) is 2.94. The molecule has 3 rings (SSSR count). The van der Waals surface area contributed by atoms with E-state index in [4.69, 9.17) is 0 Å². The fourth-order valence-electron chi connectivity index (χ4n) is 2.94. The van der Waals surface area contributed by atoms with Gasteiger partial charge in [0.15, 0.2) is 0 Å². The summed E-state index contributed by atoms with van der Waals surface area (Å²) in [5, 5.41) is 0. The molecular weight excluding hydrogens is 219 g/mol. The minimum Gasteiger partial charge on any atom is -0.298 e. The smallest absolute Gasteiger partial charge is 0.150 e. The summed E-state index contributed by atoms with van der Waals surface area (Å²) in [6, 6.07) is 12.6. The number of carbonyl (C=O) groups excluding carboxylic acids is 1. The highest BCUT2D eigenvalue weighted by Gasteiger charge is 2.35. The van der Waals surface area contributed by atoms with Crippen LogP contribution in [0.1, 0.15) is 35.3 Å². The van der Waals surface area contributed by atoms with E-state index in [1.54, 1.807) is 0 Å². The van der Waals surface area contributed by atoms with Gasteiger partial charge in [-0.2, -0.15) is 0 Å². The number of rotatable bonds is 1. The van der Waals surface area contributed by atoms with Crippen LogP contribution in [0.3, 0.4) is 0 Å². The molecule has 0 N–H and O–H groups in total.